The van der Waals surface area contributed by atoms with Crippen LogP contribution < -0.4 is 10.6 Å². The van der Waals surface area contributed by atoms with Gasteiger partial charge in [-0.2, -0.15) is 4.98 Å². The van der Waals surface area contributed by atoms with Crippen LogP contribution in [0.5, 0.6) is 0 Å². The maximum Gasteiger partial charge on any atom is 0.229 e. The van der Waals surface area contributed by atoms with Gasteiger partial charge in [0.15, 0.2) is 0 Å². The van der Waals surface area contributed by atoms with Gasteiger partial charge < -0.3 is 10.6 Å². The molecular weight excluding hydrogens is 378 g/mol. The fraction of sp³-hybridized carbons (Fsp3) is 0.0588. The number of nitrogens with zero attached hydrogens (tertiary/aromatic N) is 2. The SMILES string of the molecule is Cc1ccc(Nc2ccnc(Nc3ccc(F)cc3F)n2)c(Br)c1. The minimum Gasteiger partial charge on any atom is -0.339 e. The molecular formula is C17H13BrF2N4. The van der Waals surface area contributed by atoms with Gasteiger partial charge in [-0.3, -0.25) is 0 Å². The van der Waals surface area contributed by atoms with Crippen LogP contribution in [0.25, 0.3) is 0 Å². The number of nitrogens with one attached hydrogen (secondary N) is 2. The summed E-state index contributed by atoms with van der Waals surface area (Å²) < 4.78 is 27.5. The third-order valence-electron chi connectivity index (χ3n) is 3.22. The Kier molecular flexibility index (Phi) is 4.71. The minimum atomic E-state index is -0.710. The van der Waals surface area contributed by atoms with Crippen LogP contribution in [0.4, 0.5) is 31.9 Å². The van der Waals surface area contributed by atoms with Crippen LogP contribution in [0.15, 0.2) is 53.1 Å². The lowest BCUT2D eigenvalue weighted by atomic mass is 10.2. The van der Waals surface area contributed by atoms with E-state index in [9.17, 15) is 8.78 Å². The Balaban J connectivity index is 1.81. The maximum atomic E-state index is 13.7. The molecule has 1 heterocycles. The molecule has 3 rings (SSSR count). The molecule has 0 aliphatic heterocycles. The molecule has 4 nitrogen and oxygen atoms in total. The highest BCUT2D eigenvalue weighted by Crippen LogP contribution is 2.26. The third-order valence-corrected chi connectivity index (χ3v) is 3.88. The molecule has 2 aromatic carbocycles. The molecule has 0 unspecified atom stereocenters. The molecule has 0 fully saturated rings. The fourth-order valence-corrected chi connectivity index (χ4v) is 2.65. The highest BCUT2D eigenvalue weighted by Gasteiger charge is 2.07. The standard InChI is InChI=1S/C17H13BrF2N4/c1-10-2-4-14(12(18)8-10)22-16-6-7-21-17(24-16)23-15-5-3-11(19)9-13(15)20/h2-9H,1H3,(H2,21,22,23,24). The van der Waals surface area contributed by atoms with E-state index in [1.54, 1.807) is 12.3 Å². The number of benzene rings is 2. The van der Waals surface area contributed by atoms with Crippen molar-refractivity contribution < 1.29 is 8.78 Å². The second-order valence-electron chi connectivity index (χ2n) is 5.12. The Labute approximate surface area is 146 Å². The molecule has 3 aromatic rings. The van der Waals surface area contributed by atoms with Crippen molar-refractivity contribution in [3.63, 3.8) is 0 Å². The van der Waals surface area contributed by atoms with Crippen molar-refractivity contribution in [1.82, 2.24) is 9.97 Å². The zero-order valence-electron chi connectivity index (χ0n) is 12.6. The molecule has 0 amide bonds. The molecule has 7 heteroatoms. The molecule has 0 spiro atoms. The monoisotopic (exact) mass is 390 g/mol. The van der Waals surface area contributed by atoms with Gasteiger partial charge in [-0.25, -0.2) is 13.8 Å². The number of aromatic nitrogens is 2. The van der Waals surface area contributed by atoms with Gasteiger partial charge in [0.1, 0.15) is 17.5 Å². The lowest BCUT2D eigenvalue weighted by molar-refractivity contribution is 0.586. The van der Waals surface area contributed by atoms with E-state index in [1.807, 2.05) is 25.1 Å². The van der Waals surface area contributed by atoms with Gasteiger partial charge in [0.05, 0.1) is 11.4 Å². The van der Waals surface area contributed by atoms with Crippen LogP contribution in [-0.4, -0.2) is 9.97 Å². The van der Waals surface area contributed by atoms with E-state index >= 15 is 0 Å². The minimum absolute atomic E-state index is 0.102. The number of hydrogen-bond donors (Lipinski definition) is 2. The molecule has 0 aliphatic carbocycles. The molecule has 122 valence electrons. The van der Waals surface area contributed by atoms with Crippen molar-refractivity contribution in [3.8, 4) is 0 Å². The topological polar surface area (TPSA) is 49.8 Å². The molecule has 0 radical (unpaired) electrons. The second kappa shape index (κ2) is 6.92. The molecule has 24 heavy (non-hydrogen) atoms. The van der Waals surface area contributed by atoms with Crippen molar-refractivity contribution in [2.45, 2.75) is 6.92 Å². The van der Waals surface area contributed by atoms with E-state index in [4.69, 9.17) is 0 Å². The van der Waals surface area contributed by atoms with Crippen LogP contribution in [0.3, 0.4) is 0 Å². The van der Waals surface area contributed by atoms with E-state index in [-0.39, 0.29) is 11.6 Å². The summed E-state index contributed by atoms with van der Waals surface area (Å²) in [5, 5.41) is 5.89. The molecule has 1 aromatic heterocycles. The van der Waals surface area contributed by atoms with Crippen LogP contribution in [-0.2, 0) is 0 Å². The van der Waals surface area contributed by atoms with Crippen LogP contribution >= 0.6 is 15.9 Å². The first-order valence-electron chi connectivity index (χ1n) is 7.09. The largest absolute Gasteiger partial charge is 0.339 e. The Morgan fingerprint density at radius 3 is 2.50 bits per heavy atom. The number of halogens is 3. The van der Waals surface area contributed by atoms with Crippen molar-refractivity contribution in [1.29, 1.82) is 0 Å². The summed E-state index contributed by atoms with van der Waals surface area (Å²) in [6.45, 7) is 2.00. The molecule has 0 saturated heterocycles. The van der Waals surface area contributed by atoms with E-state index in [0.717, 1.165) is 27.9 Å². The normalized spacial score (nSPS) is 10.5. The third kappa shape index (κ3) is 3.86. The quantitative estimate of drug-likeness (QED) is 0.633. The summed E-state index contributed by atoms with van der Waals surface area (Å²) in [7, 11) is 0. The van der Waals surface area contributed by atoms with Gasteiger partial charge in [-0.15, -0.1) is 0 Å². The van der Waals surface area contributed by atoms with E-state index in [0.29, 0.717) is 5.82 Å². The zero-order valence-corrected chi connectivity index (χ0v) is 14.2. The first-order chi connectivity index (χ1) is 11.5. The van der Waals surface area contributed by atoms with Gasteiger partial charge in [0, 0.05) is 16.7 Å². The smallest absolute Gasteiger partial charge is 0.229 e. The van der Waals surface area contributed by atoms with Gasteiger partial charge in [-0.1, -0.05) is 6.07 Å². The number of aryl methyl sites for hydroxylation is 1. The van der Waals surface area contributed by atoms with Crippen molar-refractivity contribution in [3.05, 3.63) is 70.3 Å². The van der Waals surface area contributed by atoms with E-state index in [2.05, 4.69) is 36.5 Å². The van der Waals surface area contributed by atoms with Gasteiger partial charge in [-0.05, 0) is 58.7 Å². The molecule has 2 N–H and O–H groups in total. The number of rotatable bonds is 4. The first kappa shape index (κ1) is 16.3. The predicted octanol–water partition coefficient (Wildman–Crippen LogP) is 5.31. The van der Waals surface area contributed by atoms with Crippen molar-refractivity contribution in [2.24, 2.45) is 0 Å². The van der Waals surface area contributed by atoms with Crippen LogP contribution in [0.1, 0.15) is 5.56 Å². The van der Waals surface area contributed by atoms with E-state index in [1.165, 1.54) is 6.07 Å². The Hall–Kier alpha value is -2.54. The second-order valence-corrected chi connectivity index (χ2v) is 5.98. The van der Waals surface area contributed by atoms with Crippen molar-refractivity contribution >= 4 is 39.1 Å². The molecule has 0 atom stereocenters. The summed E-state index contributed by atoms with van der Waals surface area (Å²) >= 11 is 3.49. The average molecular weight is 391 g/mol. The summed E-state index contributed by atoms with van der Waals surface area (Å²) in [5.74, 6) is -0.606. The Bertz CT molecular complexity index is 817. The maximum absolute atomic E-state index is 13.7. The lowest BCUT2D eigenvalue weighted by Crippen LogP contribution is -2.02. The summed E-state index contributed by atoms with van der Waals surface area (Å²) in [6.07, 6.45) is 1.54. The van der Waals surface area contributed by atoms with Gasteiger partial charge in [0.25, 0.3) is 0 Å². The number of anilines is 4. The highest BCUT2D eigenvalue weighted by atomic mass is 79.9. The average Bonchev–Trinajstić information content (AvgIpc) is 2.53. The summed E-state index contributed by atoms with van der Waals surface area (Å²) in [5.41, 5.74) is 2.08. The van der Waals surface area contributed by atoms with Crippen molar-refractivity contribution in [2.75, 3.05) is 10.6 Å². The van der Waals surface area contributed by atoms with Crippen LogP contribution in [0.2, 0.25) is 0 Å². The van der Waals surface area contributed by atoms with Crippen LogP contribution in [0, 0.1) is 18.6 Å². The molecule has 0 saturated carbocycles. The Morgan fingerprint density at radius 2 is 1.75 bits per heavy atom. The lowest BCUT2D eigenvalue weighted by Gasteiger charge is -2.10. The van der Waals surface area contributed by atoms with Gasteiger partial charge in [0.2, 0.25) is 5.95 Å². The molecule has 0 bridgehead atoms. The zero-order chi connectivity index (χ0) is 17.1. The van der Waals surface area contributed by atoms with E-state index < -0.39 is 11.6 Å². The predicted molar refractivity (Wildman–Crippen MR) is 93.8 cm³/mol. The summed E-state index contributed by atoms with van der Waals surface area (Å²) in [4.78, 5) is 8.32. The summed E-state index contributed by atoms with van der Waals surface area (Å²) in [6, 6.07) is 10.8. The first-order valence-corrected chi connectivity index (χ1v) is 7.89. The Morgan fingerprint density at radius 1 is 0.958 bits per heavy atom. The molecule has 0 aliphatic rings. The fourth-order valence-electron chi connectivity index (χ4n) is 2.06. The number of hydrogen-bond acceptors (Lipinski definition) is 4. The van der Waals surface area contributed by atoms with Gasteiger partial charge >= 0.3 is 0 Å². The highest BCUT2D eigenvalue weighted by molar-refractivity contribution is 9.10.